The number of nitrogens with one attached hydrogen (secondary N) is 1. The molecule has 0 fully saturated rings. The Morgan fingerprint density at radius 2 is 1.96 bits per heavy atom. The average Bonchev–Trinajstić information content (AvgIpc) is 3.02. The van der Waals surface area contributed by atoms with Crippen LogP contribution in [0.15, 0.2) is 54.9 Å². The number of nitrogens with zero attached hydrogens (tertiary/aromatic N) is 4. The smallest absolute Gasteiger partial charge is 0.311 e. The third-order valence-electron chi connectivity index (χ3n) is 3.72. The molecule has 7 nitrogen and oxygen atoms in total. The molecule has 0 unspecified atom stereocenters. The predicted molar refractivity (Wildman–Crippen MR) is 91.6 cm³/mol. The molecule has 2 heterocycles. The van der Waals surface area contributed by atoms with Crippen molar-refractivity contribution < 1.29 is 4.92 Å². The van der Waals surface area contributed by atoms with Crippen molar-refractivity contribution in [3.63, 3.8) is 0 Å². The van der Waals surface area contributed by atoms with Gasteiger partial charge in [-0.05, 0) is 18.6 Å². The summed E-state index contributed by atoms with van der Waals surface area (Å²) in [6.45, 7) is 1.94. The first-order valence-electron chi connectivity index (χ1n) is 7.50. The van der Waals surface area contributed by atoms with Gasteiger partial charge in [0, 0.05) is 24.9 Å². The normalized spacial score (nSPS) is 11.9. The first-order valence-corrected chi connectivity index (χ1v) is 7.50. The predicted octanol–water partition coefficient (Wildman–Crippen LogP) is 3.56. The molecule has 0 radical (unpaired) electrons. The molecule has 0 bridgehead atoms. The van der Waals surface area contributed by atoms with Gasteiger partial charge in [-0.15, -0.1) is 0 Å². The zero-order chi connectivity index (χ0) is 17.1. The third-order valence-corrected chi connectivity index (χ3v) is 3.72. The molecule has 7 heteroatoms. The van der Waals surface area contributed by atoms with Crippen molar-refractivity contribution in [2.45, 2.75) is 13.0 Å². The largest absolute Gasteiger partial charge is 0.358 e. The van der Waals surface area contributed by atoms with Crippen LogP contribution in [0.3, 0.4) is 0 Å². The van der Waals surface area contributed by atoms with E-state index in [1.54, 1.807) is 16.9 Å². The number of pyridine rings is 1. The van der Waals surface area contributed by atoms with E-state index < -0.39 is 4.92 Å². The van der Waals surface area contributed by atoms with Gasteiger partial charge in [0.05, 0.1) is 22.9 Å². The van der Waals surface area contributed by atoms with Gasteiger partial charge in [-0.25, -0.2) is 4.98 Å². The van der Waals surface area contributed by atoms with Crippen LogP contribution in [-0.2, 0) is 7.05 Å². The number of hydrogen-bond acceptors (Lipinski definition) is 5. The van der Waals surface area contributed by atoms with Gasteiger partial charge in [-0.3, -0.25) is 14.8 Å². The quantitative estimate of drug-likeness (QED) is 0.573. The molecule has 122 valence electrons. The van der Waals surface area contributed by atoms with Crippen molar-refractivity contribution in [2.24, 2.45) is 7.05 Å². The number of aromatic nitrogens is 3. The molecule has 0 amide bonds. The molecule has 0 saturated carbocycles. The molecule has 1 N–H and O–H groups in total. The lowest BCUT2D eigenvalue weighted by atomic mass is 10.1. The van der Waals surface area contributed by atoms with Gasteiger partial charge < -0.3 is 5.32 Å². The van der Waals surface area contributed by atoms with Crippen LogP contribution in [0.1, 0.15) is 18.5 Å². The summed E-state index contributed by atoms with van der Waals surface area (Å²) in [5.41, 5.74) is 2.42. The van der Waals surface area contributed by atoms with Crippen molar-refractivity contribution >= 4 is 11.5 Å². The number of nitro groups is 1. The van der Waals surface area contributed by atoms with E-state index in [2.05, 4.69) is 15.4 Å². The Labute approximate surface area is 139 Å². The molecular formula is C17H17N5O2. The number of rotatable bonds is 5. The van der Waals surface area contributed by atoms with Crippen molar-refractivity contribution in [2.75, 3.05) is 5.32 Å². The summed E-state index contributed by atoms with van der Waals surface area (Å²) < 4.78 is 1.66. The van der Waals surface area contributed by atoms with E-state index in [0.29, 0.717) is 5.69 Å². The molecule has 0 aliphatic carbocycles. The molecule has 0 aliphatic heterocycles. The van der Waals surface area contributed by atoms with Crippen LogP contribution in [0.25, 0.3) is 11.3 Å². The maximum atomic E-state index is 11.3. The Kier molecular flexibility index (Phi) is 4.24. The fourth-order valence-electron chi connectivity index (χ4n) is 2.45. The molecule has 0 spiro atoms. The summed E-state index contributed by atoms with van der Waals surface area (Å²) in [4.78, 5) is 15.3. The van der Waals surface area contributed by atoms with E-state index in [1.807, 2.05) is 50.5 Å². The van der Waals surface area contributed by atoms with Crippen molar-refractivity contribution in [1.82, 2.24) is 14.8 Å². The van der Waals surface area contributed by atoms with Crippen LogP contribution in [0.4, 0.5) is 11.5 Å². The van der Waals surface area contributed by atoms with Crippen LogP contribution in [0.2, 0.25) is 0 Å². The van der Waals surface area contributed by atoms with Gasteiger partial charge in [0.25, 0.3) is 0 Å². The lowest BCUT2D eigenvalue weighted by Crippen LogP contribution is -2.10. The van der Waals surface area contributed by atoms with Gasteiger partial charge >= 0.3 is 5.69 Å². The minimum absolute atomic E-state index is 0.0505. The highest BCUT2D eigenvalue weighted by Gasteiger charge is 2.19. The fourth-order valence-corrected chi connectivity index (χ4v) is 2.45. The molecule has 1 aromatic carbocycles. The average molecular weight is 323 g/mol. The van der Waals surface area contributed by atoms with Crippen molar-refractivity contribution in [3.8, 4) is 11.3 Å². The van der Waals surface area contributed by atoms with E-state index in [1.165, 1.54) is 6.07 Å². The van der Waals surface area contributed by atoms with E-state index in [-0.39, 0.29) is 17.5 Å². The SMILES string of the molecule is C[C@@H](Nc1nc(-c2cnn(C)c2)ccc1[N+](=O)[O-])c1ccccc1. The van der Waals surface area contributed by atoms with Gasteiger partial charge in [-0.2, -0.15) is 5.10 Å². The monoisotopic (exact) mass is 323 g/mol. The van der Waals surface area contributed by atoms with Crippen molar-refractivity contribution in [1.29, 1.82) is 0 Å². The highest BCUT2D eigenvalue weighted by atomic mass is 16.6. The number of anilines is 1. The zero-order valence-corrected chi connectivity index (χ0v) is 13.4. The Morgan fingerprint density at radius 1 is 1.21 bits per heavy atom. The number of aryl methyl sites for hydroxylation is 1. The molecule has 2 aromatic heterocycles. The van der Waals surface area contributed by atoms with E-state index in [4.69, 9.17) is 0 Å². The summed E-state index contributed by atoms with van der Waals surface area (Å²) in [6.07, 6.45) is 3.50. The maximum absolute atomic E-state index is 11.3. The lowest BCUT2D eigenvalue weighted by Gasteiger charge is -2.15. The molecule has 24 heavy (non-hydrogen) atoms. The zero-order valence-electron chi connectivity index (χ0n) is 13.4. The maximum Gasteiger partial charge on any atom is 0.311 e. The van der Waals surface area contributed by atoms with Crippen LogP contribution in [-0.4, -0.2) is 19.7 Å². The second-order valence-electron chi connectivity index (χ2n) is 5.50. The molecule has 0 aliphatic rings. The summed E-state index contributed by atoms with van der Waals surface area (Å²) in [6, 6.07) is 12.7. The van der Waals surface area contributed by atoms with E-state index in [0.717, 1.165) is 11.1 Å². The Bertz CT molecular complexity index is 860. The fraction of sp³-hybridized carbons (Fsp3) is 0.176. The Hall–Kier alpha value is -3.22. The minimum Gasteiger partial charge on any atom is -0.358 e. The van der Waals surface area contributed by atoms with Crippen molar-refractivity contribution in [3.05, 3.63) is 70.5 Å². The molecular weight excluding hydrogens is 306 g/mol. The minimum atomic E-state index is -0.430. The number of benzene rings is 1. The van der Waals surface area contributed by atoms with Crippen LogP contribution < -0.4 is 5.32 Å². The summed E-state index contributed by atoms with van der Waals surface area (Å²) in [5.74, 6) is 0.248. The lowest BCUT2D eigenvalue weighted by molar-refractivity contribution is -0.384. The summed E-state index contributed by atoms with van der Waals surface area (Å²) in [7, 11) is 1.81. The van der Waals surface area contributed by atoms with E-state index >= 15 is 0 Å². The first-order chi connectivity index (χ1) is 11.5. The summed E-state index contributed by atoms with van der Waals surface area (Å²) >= 11 is 0. The summed E-state index contributed by atoms with van der Waals surface area (Å²) in [5, 5.41) is 18.6. The standard InChI is InChI=1S/C17H17N5O2/c1-12(13-6-4-3-5-7-13)19-17-16(22(23)24)9-8-15(20-17)14-10-18-21(2)11-14/h3-12H,1-2H3,(H,19,20)/t12-/m1/s1. The molecule has 3 rings (SSSR count). The second kappa shape index (κ2) is 6.49. The van der Waals surface area contributed by atoms with Gasteiger partial charge in [0.15, 0.2) is 0 Å². The van der Waals surface area contributed by atoms with Crippen LogP contribution >= 0.6 is 0 Å². The van der Waals surface area contributed by atoms with Crippen LogP contribution in [0, 0.1) is 10.1 Å². The highest BCUT2D eigenvalue weighted by molar-refractivity contribution is 5.66. The molecule has 1 atom stereocenters. The Balaban J connectivity index is 1.96. The highest BCUT2D eigenvalue weighted by Crippen LogP contribution is 2.29. The van der Waals surface area contributed by atoms with Crippen LogP contribution in [0.5, 0.6) is 0 Å². The molecule has 3 aromatic rings. The van der Waals surface area contributed by atoms with E-state index in [9.17, 15) is 10.1 Å². The molecule has 0 saturated heterocycles. The first kappa shape index (κ1) is 15.7. The Morgan fingerprint density at radius 3 is 2.58 bits per heavy atom. The number of hydrogen-bond donors (Lipinski definition) is 1. The third kappa shape index (κ3) is 3.24. The topological polar surface area (TPSA) is 85.9 Å². The second-order valence-corrected chi connectivity index (χ2v) is 5.50. The van der Waals surface area contributed by atoms with Gasteiger partial charge in [-0.1, -0.05) is 30.3 Å². The van der Waals surface area contributed by atoms with Gasteiger partial charge in [0.1, 0.15) is 0 Å². The van der Waals surface area contributed by atoms with Gasteiger partial charge in [0.2, 0.25) is 5.82 Å².